The zero-order valence-electron chi connectivity index (χ0n) is 8.17. The van der Waals surface area contributed by atoms with Crippen molar-refractivity contribution in [1.29, 1.82) is 0 Å². The van der Waals surface area contributed by atoms with Crippen molar-refractivity contribution in [3.05, 3.63) is 18.0 Å². The molecule has 0 aromatic carbocycles. The highest BCUT2D eigenvalue weighted by Gasteiger charge is 2.18. The number of rotatable bonds is 5. The molecule has 0 fully saturated rings. The van der Waals surface area contributed by atoms with Crippen LogP contribution in [0.4, 0.5) is 0 Å². The minimum absolute atomic E-state index is 0.474. The number of aliphatic hydroxyl groups excluding tert-OH is 2. The molecule has 0 radical (unpaired) electrons. The molecule has 4 nitrogen and oxygen atoms in total. The Kier molecular flexibility index (Phi) is 4.44. The van der Waals surface area contributed by atoms with Crippen LogP contribution in [0.3, 0.4) is 0 Å². The van der Waals surface area contributed by atoms with Crippen LogP contribution < -0.4 is 0 Å². The van der Waals surface area contributed by atoms with Crippen LogP contribution in [0, 0.1) is 0 Å². The summed E-state index contributed by atoms with van der Waals surface area (Å²) in [4.78, 5) is 0. The fourth-order valence-corrected chi connectivity index (χ4v) is 1.48. The average Bonchev–Trinajstić information content (AvgIpc) is 2.65. The molecule has 0 saturated heterocycles. The van der Waals surface area contributed by atoms with Crippen LogP contribution in [0.1, 0.15) is 25.0 Å². The molecule has 1 heterocycles. The van der Waals surface area contributed by atoms with Crippen LogP contribution in [0.15, 0.2) is 12.4 Å². The van der Waals surface area contributed by atoms with E-state index in [0.29, 0.717) is 17.7 Å². The van der Waals surface area contributed by atoms with Gasteiger partial charge in [0.1, 0.15) is 6.10 Å². The van der Waals surface area contributed by atoms with Gasteiger partial charge in [0.05, 0.1) is 12.3 Å². The van der Waals surface area contributed by atoms with Gasteiger partial charge >= 0.3 is 0 Å². The lowest BCUT2D eigenvalue weighted by atomic mass is 10.1. The Morgan fingerprint density at radius 2 is 2.29 bits per heavy atom. The lowest BCUT2D eigenvalue weighted by Crippen LogP contribution is -2.18. The van der Waals surface area contributed by atoms with Gasteiger partial charge < -0.3 is 10.2 Å². The number of aliphatic hydroxyl groups is 2. The van der Waals surface area contributed by atoms with Crippen LogP contribution in [0.25, 0.3) is 0 Å². The molecule has 0 bridgehead atoms. The van der Waals surface area contributed by atoms with E-state index in [9.17, 15) is 10.2 Å². The zero-order valence-corrected chi connectivity index (χ0v) is 9.06. The first-order valence-electron chi connectivity index (χ1n) is 4.68. The Hall–Kier alpha value is -0.520. The molecule has 80 valence electrons. The van der Waals surface area contributed by atoms with Crippen LogP contribution in [-0.4, -0.2) is 31.9 Å². The first kappa shape index (κ1) is 11.6. The van der Waals surface area contributed by atoms with Gasteiger partial charge in [-0.05, 0) is 19.1 Å². The third-order valence-corrected chi connectivity index (χ3v) is 2.37. The molecular formula is C9H16N2O2S. The lowest BCUT2D eigenvalue weighted by molar-refractivity contribution is 0.0172. The van der Waals surface area contributed by atoms with Gasteiger partial charge in [-0.25, -0.2) is 0 Å². The Morgan fingerprint density at radius 3 is 2.79 bits per heavy atom. The molecule has 5 heteroatoms. The van der Waals surface area contributed by atoms with E-state index >= 15 is 0 Å². The molecule has 0 aliphatic carbocycles. The molecule has 0 saturated carbocycles. The number of thiol groups is 1. The van der Waals surface area contributed by atoms with Crippen molar-refractivity contribution in [2.45, 2.75) is 32.1 Å². The second-order valence-electron chi connectivity index (χ2n) is 3.15. The van der Waals surface area contributed by atoms with Gasteiger partial charge in [-0.1, -0.05) is 0 Å². The predicted octanol–water partition coefficient (Wildman–Crippen LogP) is 0.617. The standard InChI is InChI=1S/C9H16N2O2S/c1-2-11-6-7(5-10-11)9(13)8(12)3-4-14/h5-6,8-9,12-14H,2-4H2,1H3. The van der Waals surface area contributed by atoms with Crippen molar-refractivity contribution in [1.82, 2.24) is 9.78 Å². The minimum Gasteiger partial charge on any atom is -0.390 e. The van der Waals surface area contributed by atoms with Crippen LogP contribution in [-0.2, 0) is 6.54 Å². The van der Waals surface area contributed by atoms with Crippen LogP contribution >= 0.6 is 12.6 Å². The molecule has 2 unspecified atom stereocenters. The molecule has 0 spiro atoms. The second-order valence-corrected chi connectivity index (χ2v) is 3.60. The summed E-state index contributed by atoms with van der Waals surface area (Å²) in [5.74, 6) is 0.556. The highest BCUT2D eigenvalue weighted by molar-refractivity contribution is 7.80. The monoisotopic (exact) mass is 216 g/mol. The number of hydrogen-bond acceptors (Lipinski definition) is 4. The van der Waals surface area contributed by atoms with Gasteiger partial charge in [-0.3, -0.25) is 4.68 Å². The third kappa shape index (κ3) is 2.73. The Bertz CT molecular complexity index is 278. The minimum atomic E-state index is -0.859. The van der Waals surface area contributed by atoms with Crippen molar-refractivity contribution >= 4 is 12.6 Å². The molecule has 0 aliphatic rings. The van der Waals surface area contributed by atoms with E-state index in [0.717, 1.165) is 6.54 Å². The topological polar surface area (TPSA) is 58.3 Å². The molecule has 1 rings (SSSR count). The molecule has 0 aliphatic heterocycles. The normalized spacial score (nSPS) is 15.4. The Labute approximate surface area is 89.0 Å². The molecule has 2 N–H and O–H groups in total. The highest BCUT2D eigenvalue weighted by atomic mass is 32.1. The fraction of sp³-hybridized carbons (Fsp3) is 0.667. The van der Waals surface area contributed by atoms with Gasteiger partial charge in [-0.2, -0.15) is 17.7 Å². The van der Waals surface area contributed by atoms with Gasteiger partial charge in [0.15, 0.2) is 0 Å². The van der Waals surface area contributed by atoms with Gasteiger partial charge in [0, 0.05) is 18.3 Å². The number of hydrogen-bond donors (Lipinski definition) is 3. The van der Waals surface area contributed by atoms with Crippen molar-refractivity contribution in [3.8, 4) is 0 Å². The molecule has 0 amide bonds. The van der Waals surface area contributed by atoms with Crippen LogP contribution in [0.2, 0.25) is 0 Å². The molecular weight excluding hydrogens is 200 g/mol. The summed E-state index contributed by atoms with van der Waals surface area (Å²) in [7, 11) is 0. The summed E-state index contributed by atoms with van der Waals surface area (Å²) in [5, 5.41) is 23.2. The van der Waals surface area contributed by atoms with Crippen molar-refractivity contribution in [2.24, 2.45) is 0 Å². The second kappa shape index (κ2) is 5.38. The summed E-state index contributed by atoms with van der Waals surface area (Å²) >= 11 is 4.00. The Balaban J connectivity index is 2.63. The summed E-state index contributed by atoms with van der Waals surface area (Å²) in [6.45, 7) is 2.72. The van der Waals surface area contributed by atoms with E-state index in [1.165, 1.54) is 0 Å². The van der Waals surface area contributed by atoms with Gasteiger partial charge in [0.25, 0.3) is 0 Å². The summed E-state index contributed by atoms with van der Waals surface area (Å²) < 4.78 is 1.71. The highest BCUT2D eigenvalue weighted by Crippen LogP contribution is 2.18. The molecule has 1 aromatic rings. The van der Waals surface area contributed by atoms with E-state index < -0.39 is 12.2 Å². The first-order chi connectivity index (χ1) is 6.69. The van der Waals surface area contributed by atoms with Crippen molar-refractivity contribution in [3.63, 3.8) is 0 Å². The van der Waals surface area contributed by atoms with E-state index in [4.69, 9.17) is 0 Å². The lowest BCUT2D eigenvalue weighted by Gasteiger charge is -2.14. The van der Waals surface area contributed by atoms with E-state index in [1.807, 2.05) is 6.92 Å². The summed E-state index contributed by atoms with van der Waals surface area (Å²) in [6.07, 6.45) is 2.17. The predicted molar refractivity (Wildman–Crippen MR) is 57.3 cm³/mol. The number of aryl methyl sites for hydroxylation is 1. The van der Waals surface area contributed by atoms with Crippen molar-refractivity contribution in [2.75, 3.05) is 5.75 Å². The first-order valence-corrected chi connectivity index (χ1v) is 5.31. The van der Waals surface area contributed by atoms with Crippen LogP contribution in [0.5, 0.6) is 0 Å². The average molecular weight is 216 g/mol. The quantitative estimate of drug-likeness (QED) is 0.632. The molecule has 2 atom stereocenters. The Morgan fingerprint density at radius 1 is 1.57 bits per heavy atom. The van der Waals surface area contributed by atoms with Gasteiger partial charge in [0.2, 0.25) is 0 Å². The van der Waals surface area contributed by atoms with E-state index in [-0.39, 0.29) is 0 Å². The summed E-state index contributed by atoms with van der Waals surface area (Å²) in [5.41, 5.74) is 0.654. The maximum Gasteiger partial charge on any atom is 0.108 e. The summed E-state index contributed by atoms with van der Waals surface area (Å²) in [6, 6.07) is 0. The number of nitrogens with zero attached hydrogens (tertiary/aromatic N) is 2. The molecule has 14 heavy (non-hydrogen) atoms. The SMILES string of the molecule is CCn1cc(C(O)C(O)CCS)cn1. The smallest absolute Gasteiger partial charge is 0.108 e. The maximum atomic E-state index is 9.69. The van der Waals surface area contributed by atoms with E-state index in [1.54, 1.807) is 17.1 Å². The van der Waals surface area contributed by atoms with E-state index in [2.05, 4.69) is 17.7 Å². The largest absolute Gasteiger partial charge is 0.390 e. The maximum absolute atomic E-state index is 9.69. The molecule has 1 aromatic heterocycles. The zero-order chi connectivity index (χ0) is 10.6. The fourth-order valence-electron chi connectivity index (χ4n) is 1.22. The number of aromatic nitrogens is 2. The van der Waals surface area contributed by atoms with Crippen molar-refractivity contribution < 1.29 is 10.2 Å². The van der Waals surface area contributed by atoms with Gasteiger partial charge in [-0.15, -0.1) is 0 Å². The third-order valence-electron chi connectivity index (χ3n) is 2.11.